The fourth-order valence-electron chi connectivity index (χ4n) is 1.85. The number of nitrogens with one attached hydrogen (secondary N) is 1. The van der Waals surface area contributed by atoms with Crippen molar-refractivity contribution in [1.29, 1.82) is 0 Å². The van der Waals surface area contributed by atoms with Gasteiger partial charge >= 0.3 is 5.97 Å². The third kappa shape index (κ3) is 3.90. The molecule has 4 nitrogen and oxygen atoms in total. The fraction of sp³-hybridized carbons (Fsp3) is 0.500. The highest BCUT2D eigenvalue weighted by Crippen LogP contribution is 2.22. The molecule has 0 amide bonds. The number of anilines is 1. The molecule has 1 aromatic rings. The molecule has 0 bridgehead atoms. The van der Waals surface area contributed by atoms with Gasteiger partial charge in [0, 0.05) is 12.6 Å². The number of benzene rings is 1. The number of hydrogen-bond acceptors (Lipinski definition) is 4. The van der Waals surface area contributed by atoms with Gasteiger partial charge in [0.2, 0.25) is 0 Å². The quantitative estimate of drug-likeness (QED) is 0.756. The molecule has 0 saturated carbocycles. The lowest BCUT2D eigenvalue weighted by atomic mass is 10.1. The van der Waals surface area contributed by atoms with Crippen molar-refractivity contribution in [3.05, 3.63) is 29.3 Å². The van der Waals surface area contributed by atoms with E-state index in [-0.39, 0.29) is 11.7 Å². The summed E-state index contributed by atoms with van der Waals surface area (Å²) >= 11 is 0. The van der Waals surface area contributed by atoms with Gasteiger partial charge in [-0.05, 0) is 18.6 Å². The number of halogens is 2. The summed E-state index contributed by atoms with van der Waals surface area (Å²) in [4.78, 5) is 11.2. The van der Waals surface area contributed by atoms with Gasteiger partial charge in [-0.15, -0.1) is 0 Å². The van der Waals surface area contributed by atoms with Gasteiger partial charge in [-0.3, -0.25) is 0 Å². The van der Waals surface area contributed by atoms with Gasteiger partial charge < -0.3 is 15.8 Å². The topological polar surface area (TPSA) is 64.3 Å². The molecule has 0 aromatic heterocycles. The number of hydrogen-bond donors (Lipinski definition) is 2. The van der Waals surface area contributed by atoms with Crippen LogP contribution in [0.4, 0.5) is 14.5 Å². The van der Waals surface area contributed by atoms with Gasteiger partial charge in [0.1, 0.15) is 0 Å². The first-order valence-corrected chi connectivity index (χ1v) is 6.58. The molecule has 6 heteroatoms. The van der Waals surface area contributed by atoms with E-state index in [1.54, 1.807) is 0 Å². The van der Waals surface area contributed by atoms with Crippen LogP contribution >= 0.6 is 0 Å². The van der Waals surface area contributed by atoms with Crippen LogP contribution in [-0.2, 0) is 4.74 Å². The zero-order chi connectivity index (χ0) is 15.1. The van der Waals surface area contributed by atoms with Crippen LogP contribution in [-0.4, -0.2) is 25.7 Å². The monoisotopic (exact) mass is 286 g/mol. The summed E-state index contributed by atoms with van der Waals surface area (Å²) in [7, 11) is 1.11. The molecule has 0 spiro atoms. The maximum absolute atomic E-state index is 13.9. The summed E-state index contributed by atoms with van der Waals surface area (Å²) in [6.45, 7) is 2.36. The summed E-state index contributed by atoms with van der Waals surface area (Å²) in [5.74, 6) is -3.22. The number of rotatable bonds is 7. The minimum Gasteiger partial charge on any atom is -0.465 e. The maximum Gasteiger partial charge on any atom is 0.340 e. The Bertz CT molecular complexity index is 467. The molecule has 112 valence electrons. The number of nitrogens with two attached hydrogens (primary N) is 1. The molecule has 1 atom stereocenters. The molecular weight excluding hydrogens is 266 g/mol. The van der Waals surface area contributed by atoms with Gasteiger partial charge in [0.15, 0.2) is 11.6 Å². The van der Waals surface area contributed by atoms with Gasteiger partial charge in [-0.25, -0.2) is 13.6 Å². The standard InChI is InChI=1S/C14H20F2N2O2/c1-3-4-5-9(8-17)18-11-7-6-10(14(19)20-2)12(15)13(11)16/h6-7,9,18H,3-5,8,17H2,1-2H3. The highest BCUT2D eigenvalue weighted by Gasteiger charge is 2.20. The van der Waals surface area contributed by atoms with Crippen LogP contribution in [0.1, 0.15) is 36.5 Å². The summed E-state index contributed by atoms with van der Waals surface area (Å²) in [6, 6.07) is 2.38. The molecule has 0 aliphatic carbocycles. The van der Waals surface area contributed by atoms with Crippen molar-refractivity contribution in [2.24, 2.45) is 5.73 Å². The minimum atomic E-state index is -1.21. The van der Waals surface area contributed by atoms with Crippen molar-refractivity contribution in [3.63, 3.8) is 0 Å². The maximum atomic E-state index is 13.9. The number of carbonyl (C=O) groups is 1. The first kappa shape index (κ1) is 16.4. The molecule has 3 N–H and O–H groups in total. The molecule has 1 rings (SSSR count). The van der Waals surface area contributed by atoms with Gasteiger partial charge in [0.05, 0.1) is 18.4 Å². The predicted octanol–water partition coefficient (Wildman–Crippen LogP) is 2.68. The molecule has 0 heterocycles. The molecule has 0 aliphatic heterocycles. The lowest BCUT2D eigenvalue weighted by Gasteiger charge is -2.18. The van der Waals surface area contributed by atoms with Crippen LogP contribution in [0.25, 0.3) is 0 Å². The third-order valence-corrected chi connectivity index (χ3v) is 3.04. The number of carbonyl (C=O) groups excluding carboxylic acids is 1. The lowest BCUT2D eigenvalue weighted by molar-refractivity contribution is 0.0594. The van der Waals surface area contributed by atoms with Gasteiger partial charge in [-0.1, -0.05) is 19.8 Å². The lowest BCUT2D eigenvalue weighted by Crippen LogP contribution is -2.29. The average Bonchev–Trinajstić information content (AvgIpc) is 2.47. The van der Waals surface area contributed by atoms with Crippen LogP contribution < -0.4 is 11.1 Å². The fourth-order valence-corrected chi connectivity index (χ4v) is 1.85. The van der Waals surface area contributed by atoms with Crippen molar-refractivity contribution in [3.8, 4) is 0 Å². The molecule has 0 saturated heterocycles. The smallest absolute Gasteiger partial charge is 0.340 e. The highest BCUT2D eigenvalue weighted by molar-refractivity contribution is 5.90. The molecule has 0 radical (unpaired) electrons. The predicted molar refractivity (Wildman–Crippen MR) is 73.7 cm³/mol. The van der Waals surface area contributed by atoms with Crippen LogP contribution in [0.2, 0.25) is 0 Å². The van der Waals surface area contributed by atoms with E-state index in [0.29, 0.717) is 6.54 Å². The van der Waals surface area contributed by atoms with E-state index in [4.69, 9.17) is 5.73 Å². The summed E-state index contributed by atoms with van der Waals surface area (Å²) in [5.41, 5.74) is 5.18. The van der Waals surface area contributed by atoms with E-state index in [2.05, 4.69) is 10.1 Å². The Balaban J connectivity index is 2.91. The van der Waals surface area contributed by atoms with Crippen molar-refractivity contribution in [2.75, 3.05) is 19.0 Å². The second-order valence-corrected chi connectivity index (χ2v) is 4.50. The SMILES string of the molecule is CCCCC(CN)Nc1ccc(C(=O)OC)c(F)c1F. The highest BCUT2D eigenvalue weighted by atomic mass is 19.2. The minimum absolute atomic E-state index is 0.00158. The molecule has 20 heavy (non-hydrogen) atoms. The Morgan fingerprint density at radius 3 is 2.65 bits per heavy atom. The Kier molecular flexibility index (Phi) is 6.38. The van der Waals surface area contributed by atoms with Crippen molar-refractivity contribution >= 4 is 11.7 Å². The molecule has 0 aliphatic rings. The van der Waals surface area contributed by atoms with E-state index < -0.39 is 23.2 Å². The Morgan fingerprint density at radius 2 is 2.10 bits per heavy atom. The summed E-state index contributed by atoms with van der Waals surface area (Å²) in [5, 5.41) is 2.86. The molecule has 0 fully saturated rings. The Morgan fingerprint density at radius 1 is 1.40 bits per heavy atom. The van der Waals surface area contributed by atoms with Gasteiger partial charge in [0.25, 0.3) is 0 Å². The Hall–Kier alpha value is -1.69. The molecule has 1 unspecified atom stereocenters. The number of ether oxygens (including phenoxy) is 1. The van der Waals surface area contributed by atoms with E-state index in [1.807, 2.05) is 6.92 Å². The molecular formula is C14H20F2N2O2. The second-order valence-electron chi connectivity index (χ2n) is 4.50. The van der Waals surface area contributed by atoms with E-state index in [0.717, 1.165) is 26.4 Å². The normalized spacial score (nSPS) is 12.1. The largest absolute Gasteiger partial charge is 0.465 e. The van der Waals surface area contributed by atoms with Crippen LogP contribution in [0.15, 0.2) is 12.1 Å². The second kappa shape index (κ2) is 7.79. The first-order chi connectivity index (χ1) is 9.54. The van der Waals surface area contributed by atoms with E-state index >= 15 is 0 Å². The summed E-state index contributed by atoms with van der Waals surface area (Å²) < 4.78 is 32.0. The van der Waals surface area contributed by atoms with Gasteiger partial charge in [-0.2, -0.15) is 0 Å². The van der Waals surface area contributed by atoms with Crippen LogP contribution in [0, 0.1) is 11.6 Å². The Labute approximate surface area is 117 Å². The van der Waals surface area contributed by atoms with E-state index in [1.165, 1.54) is 12.1 Å². The molecule has 1 aromatic carbocycles. The third-order valence-electron chi connectivity index (χ3n) is 3.04. The first-order valence-electron chi connectivity index (χ1n) is 6.58. The number of esters is 1. The van der Waals surface area contributed by atoms with Crippen LogP contribution in [0.3, 0.4) is 0 Å². The average molecular weight is 286 g/mol. The van der Waals surface area contributed by atoms with Crippen LogP contribution in [0.5, 0.6) is 0 Å². The van der Waals surface area contributed by atoms with E-state index in [9.17, 15) is 13.6 Å². The van der Waals surface area contributed by atoms with Crippen molar-refractivity contribution in [2.45, 2.75) is 32.2 Å². The number of methoxy groups -OCH3 is 1. The summed E-state index contributed by atoms with van der Waals surface area (Å²) in [6.07, 6.45) is 2.71. The zero-order valence-corrected chi connectivity index (χ0v) is 11.7. The van der Waals surface area contributed by atoms with Crippen molar-refractivity contribution < 1.29 is 18.3 Å². The zero-order valence-electron chi connectivity index (χ0n) is 11.7. The number of unbranched alkanes of at least 4 members (excludes halogenated alkanes) is 1. The van der Waals surface area contributed by atoms with Crippen molar-refractivity contribution in [1.82, 2.24) is 0 Å².